The summed E-state index contributed by atoms with van der Waals surface area (Å²) in [5, 5.41) is 12.9. The summed E-state index contributed by atoms with van der Waals surface area (Å²) in [6.45, 7) is 1.53. The molecular weight excluding hydrogens is 500 g/mol. The van der Waals surface area contributed by atoms with Crippen molar-refractivity contribution in [1.82, 2.24) is 9.97 Å². The molecule has 0 aliphatic carbocycles. The lowest BCUT2D eigenvalue weighted by Crippen LogP contribution is -2.35. The van der Waals surface area contributed by atoms with Crippen molar-refractivity contribution < 1.29 is 18.3 Å². The number of fused-ring (bicyclic) bond motifs is 1. The topological polar surface area (TPSA) is 112 Å². The number of aliphatic carboxylic acids is 1. The van der Waals surface area contributed by atoms with Gasteiger partial charge in [-0.15, -0.1) is 0 Å². The number of piperidine rings is 1. The SMILES string of the molecule is O=C(O)Cc1ccc(Nc2nc(N3CCC(c4ccc(Cl)cc4)CC3)nc3c2S(=O)(=O)CCC3)cc1. The predicted octanol–water partition coefficient (Wildman–Crippen LogP) is 4.60. The number of carbonyl (C=O) groups is 1. The van der Waals surface area contributed by atoms with Crippen molar-refractivity contribution in [3.63, 3.8) is 0 Å². The zero-order valence-corrected chi connectivity index (χ0v) is 21.2. The highest BCUT2D eigenvalue weighted by Gasteiger charge is 2.32. The highest BCUT2D eigenvalue weighted by Crippen LogP contribution is 2.35. The number of rotatable bonds is 6. The number of halogens is 1. The van der Waals surface area contributed by atoms with Crippen LogP contribution in [-0.2, 0) is 27.5 Å². The fraction of sp³-hybridized carbons (Fsp3) is 0.346. The van der Waals surface area contributed by atoms with Crippen LogP contribution in [0.4, 0.5) is 17.5 Å². The quantitative estimate of drug-likeness (QED) is 0.479. The second kappa shape index (κ2) is 10.1. The molecule has 8 nitrogen and oxygen atoms in total. The van der Waals surface area contributed by atoms with Crippen LogP contribution in [0.3, 0.4) is 0 Å². The van der Waals surface area contributed by atoms with Crippen LogP contribution in [0.1, 0.15) is 42.0 Å². The summed E-state index contributed by atoms with van der Waals surface area (Å²) < 4.78 is 25.9. The van der Waals surface area contributed by atoms with Crippen molar-refractivity contribution in [3.05, 3.63) is 70.4 Å². The van der Waals surface area contributed by atoms with Gasteiger partial charge in [0.2, 0.25) is 5.95 Å². The number of hydrogen-bond donors (Lipinski definition) is 2. The second-order valence-corrected chi connectivity index (χ2v) is 11.8. The number of hydrogen-bond acceptors (Lipinski definition) is 7. The number of carboxylic acid groups (broad SMARTS) is 1. The van der Waals surface area contributed by atoms with E-state index in [2.05, 4.69) is 22.3 Å². The summed E-state index contributed by atoms with van der Waals surface area (Å²) in [7, 11) is -3.51. The zero-order valence-electron chi connectivity index (χ0n) is 19.7. The van der Waals surface area contributed by atoms with E-state index in [9.17, 15) is 13.2 Å². The maximum absolute atomic E-state index is 13.0. The van der Waals surface area contributed by atoms with Gasteiger partial charge >= 0.3 is 5.97 Å². The molecule has 3 aromatic rings. The molecule has 0 saturated carbocycles. The van der Waals surface area contributed by atoms with Crippen LogP contribution < -0.4 is 10.2 Å². The Morgan fingerprint density at radius 3 is 2.42 bits per heavy atom. The predicted molar refractivity (Wildman–Crippen MR) is 139 cm³/mol. The van der Waals surface area contributed by atoms with Crippen LogP contribution in [-0.4, -0.2) is 48.3 Å². The Balaban J connectivity index is 1.41. The van der Waals surface area contributed by atoms with E-state index in [1.807, 2.05) is 12.1 Å². The Morgan fingerprint density at radius 2 is 1.75 bits per heavy atom. The molecule has 5 rings (SSSR count). The molecule has 0 atom stereocenters. The van der Waals surface area contributed by atoms with E-state index in [0.29, 0.717) is 41.7 Å². The van der Waals surface area contributed by atoms with Gasteiger partial charge in [0.15, 0.2) is 15.7 Å². The van der Waals surface area contributed by atoms with E-state index >= 15 is 0 Å². The second-order valence-electron chi connectivity index (χ2n) is 9.28. The molecule has 0 bridgehead atoms. The summed E-state index contributed by atoms with van der Waals surface area (Å²) in [5.74, 6) is 0.405. The van der Waals surface area contributed by atoms with E-state index in [1.54, 1.807) is 24.3 Å². The number of nitrogens with one attached hydrogen (secondary N) is 1. The Morgan fingerprint density at radius 1 is 1.06 bits per heavy atom. The molecule has 36 heavy (non-hydrogen) atoms. The van der Waals surface area contributed by atoms with Crippen molar-refractivity contribution in [1.29, 1.82) is 0 Å². The van der Waals surface area contributed by atoms with E-state index in [-0.39, 0.29) is 22.9 Å². The van der Waals surface area contributed by atoms with Crippen LogP contribution in [0.25, 0.3) is 0 Å². The summed E-state index contributed by atoms with van der Waals surface area (Å²) in [6, 6.07) is 14.9. The number of anilines is 3. The van der Waals surface area contributed by atoms with Crippen molar-refractivity contribution >= 4 is 44.9 Å². The zero-order chi connectivity index (χ0) is 25.3. The lowest BCUT2D eigenvalue weighted by molar-refractivity contribution is -0.136. The van der Waals surface area contributed by atoms with Crippen molar-refractivity contribution in [2.75, 3.05) is 29.1 Å². The van der Waals surface area contributed by atoms with Gasteiger partial charge in [0.05, 0.1) is 17.9 Å². The fourth-order valence-corrected chi connectivity index (χ4v) is 6.66. The molecule has 10 heteroatoms. The molecule has 3 heterocycles. The Labute approximate surface area is 215 Å². The molecule has 188 valence electrons. The first-order valence-electron chi connectivity index (χ1n) is 12.0. The number of carboxylic acids is 1. The molecule has 0 amide bonds. The lowest BCUT2D eigenvalue weighted by atomic mass is 9.89. The lowest BCUT2D eigenvalue weighted by Gasteiger charge is -2.33. The highest BCUT2D eigenvalue weighted by atomic mass is 35.5. The number of benzene rings is 2. The monoisotopic (exact) mass is 526 g/mol. The van der Waals surface area contributed by atoms with E-state index in [1.165, 1.54) is 5.56 Å². The van der Waals surface area contributed by atoms with Gasteiger partial charge in [0, 0.05) is 23.8 Å². The third kappa shape index (κ3) is 5.32. The number of sulfone groups is 1. The normalized spacial score (nSPS) is 17.4. The minimum atomic E-state index is -3.51. The van der Waals surface area contributed by atoms with Gasteiger partial charge in [-0.25, -0.2) is 13.4 Å². The summed E-state index contributed by atoms with van der Waals surface area (Å²) >= 11 is 6.04. The Kier molecular flexibility index (Phi) is 6.85. The molecule has 0 unspecified atom stereocenters. The number of nitrogens with zero attached hydrogens (tertiary/aromatic N) is 3. The Bertz CT molecular complexity index is 1370. The summed E-state index contributed by atoms with van der Waals surface area (Å²) in [6.07, 6.45) is 2.92. The average molecular weight is 527 g/mol. The van der Waals surface area contributed by atoms with Crippen molar-refractivity contribution in [2.45, 2.75) is 42.9 Å². The highest BCUT2D eigenvalue weighted by molar-refractivity contribution is 7.91. The van der Waals surface area contributed by atoms with Gasteiger partial charge in [-0.2, -0.15) is 4.98 Å². The first kappa shape index (κ1) is 24.5. The van der Waals surface area contributed by atoms with Gasteiger partial charge in [0.25, 0.3) is 0 Å². The smallest absolute Gasteiger partial charge is 0.307 e. The largest absolute Gasteiger partial charge is 0.481 e. The molecule has 2 aromatic carbocycles. The number of aryl methyl sites for hydroxylation is 1. The molecule has 0 radical (unpaired) electrons. The molecule has 2 aliphatic heterocycles. The fourth-order valence-electron chi connectivity index (χ4n) is 4.90. The molecule has 1 aromatic heterocycles. The molecule has 2 N–H and O–H groups in total. The minimum absolute atomic E-state index is 0.0709. The first-order valence-corrected chi connectivity index (χ1v) is 14.0. The van der Waals surface area contributed by atoms with Gasteiger partial charge in [-0.3, -0.25) is 4.79 Å². The Hall–Kier alpha value is -3.17. The first-order chi connectivity index (χ1) is 17.3. The molecule has 0 spiro atoms. The van der Waals surface area contributed by atoms with Crippen molar-refractivity contribution in [3.8, 4) is 0 Å². The third-order valence-electron chi connectivity index (χ3n) is 6.75. The standard InChI is InChI=1S/C26H27ClN4O4S/c27-20-7-5-18(6-8-20)19-11-13-31(14-12-19)26-29-22-2-1-15-36(34,35)24(22)25(30-26)28-21-9-3-17(4-10-21)16-23(32)33/h3-10,19H,1-2,11-16H2,(H,32,33)(H,28,29,30). The molecule has 2 aliphatic rings. The van der Waals surface area contributed by atoms with Crippen LogP contribution in [0.15, 0.2) is 53.4 Å². The van der Waals surface area contributed by atoms with Gasteiger partial charge in [0.1, 0.15) is 4.90 Å². The van der Waals surface area contributed by atoms with Gasteiger partial charge < -0.3 is 15.3 Å². The van der Waals surface area contributed by atoms with Crippen LogP contribution >= 0.6 is 11.6 Å². The van der Waals surface area contributed by atoms with E-state index in [4.69, 9.17) is 26.7 Å². The van der Waals surface area contributed by atoms with Gasteiger partial charge in [-0.05, 0) is 67.0 Å². The van der Waals surface area contributed by atoms with Crippen LogP contribution in [0.2, 0.25) is 5.02 Å². The molecule has 1 saturated heterocycles. The molecular formula is C26H27ClN4O4S. The third-order valence-corrected chi connectivity index (χ3v) is 8.88. The van der Waals surface area contributed by atoms with Crippen LogP contribution in [0.5, 0.6) is 0 Å². The summed E-state index contributed by atoms with van der Waals surface area (Å²) in [5.41, 5.74) is 3.12. The maximum atomic E-state index is 13.0. The van der Waals surface area contributed by atoms with Gasteiger partial charge in [-0.1, -0.05) is 35.9 Å². The minimum Gasteiger partial charge on any atom is -0.481 e. The van der Waals surface area contributed by atoms with E-state index < -0.39 is 15.8 Å². The average Bonchev–Trinajstić information content (AvgIpc) is 2.85. The molecule has 1 fully saturated rings. The number of aromatic nitrogens is 2. The summed E-state index contributed by atoms with van der Waals surface area (Å²) in [4.78, 5) is 22.7. The maximum Gasteiger partial charge on any atom is 0.307 e. The van der Waals surface area contributed by atoms with E-state index in [0.717, 1.165) is 31.0 Å². The van der Waals surface area contributed by atoms with Crippen LogP contribution in [0, 0.1) is 0 Å². The van der Waals surface area contributed by atoms with Crippen molar-refractivity contribution in [2.24, 2.45) is 0 Å².